The van der Waals surface area contributed by atoms with Crippen LogP contribution in [0.4, 0.5) is 0 Å². The zero-order valence-corrected chi connectivity index (χ0v) is 11.8. The normalized spacial score (nSPS) is 10.0. The van der Waals surface area contributed by atoms with E-state index in [1.807, 2.05) is 0 Å². The van der Waals surface area contributed by atoms with Gasteiger partial charge in [0.25, 0.3) is 0 Å². The Balaban J connectivity index is 2.81. The van der Waals surface area contributed by atoms with Gasteiger partial charge in [-0.1, -0.05) is 15.9 Å². The Labute approximate surface area is 114 Å². The van der Waals surface area contributed by atoms with E-state index in [4.69, 9.17) is 19.3 Å². The summed E-state index contributed by atoms with van der Waals surface area (Å²) < 4.78 is 15.9. The molecule has 0 unspecified atom stereocenters. The van der Waals surface area contributed by atoms with Crippen LogP contribution in [0.25, 0.3) is 0 Å². The predicted octanol–water partition coefficient (Wildman–Crippen LogP) is 1.89. The Morgan fingerprint density at radius 1 is 1.39 bits per heavy atom. The minimum Gasteiger partial charge on any atom is -0.493 e. The van der Waals surface area contributed by atoms with Crippen molar-refractivity contribution >= 4 is 21.9 Å². The van der Waals surface area contributed by atoms with Gasteiger partial charge < -0.3 is 19.3 Å². The molecule has 0 aromatic heterocycles. The number of hydrogen-bond donors (Lipinski definition) is 1. The van der Waals surface area contributed by atoms with Crippen molar-refractivity contribution in [3.05, 3.63) is 22.2 Å². The van der Waals surface area contributed by atoms with Gasteiger partial charge in [-0.05, 0) is 24.6 Å². The van der Waals surface area contributed by atoms with E-state index in [1.54, 1.807) is 19.1 Å². The number of benzene rings is 1. The van der Waals surface area contributed by atoms with Crippen LogP contribution in [0.1, 0.15) is 12.5 Å². The van der Waals surface area contributed by atoms with E-state index in [2.05, 4.69) is 15.9 Å². The Bertz CT molecular complexity index is 419. The number of rotatable bonds is 6. The van der Waals surface area contributed by atoms with Crippen LogP contribution in [0.15, 0.2) is 16.6 Å². The fraction of sp³-hybridized carbons (Fsp3) is 0.417. The lowest BCUT2D eigenvalue weighted by atomic mass is 10.2. The minimum atomic E-state index is -0.443. The first kappa shape index (κ1) is 14.8. The number of ether oxygens (including phenoxy) is 3. The van der Waals surface area contributed by atoms with Gasteiger partial charge in [-0.25, -0.2) is 4.79 Å². The van der Waals surface area contributed by atoms with Gasteiger partial charge in [-0.15, -0.1) is 0 Å². The number of esters is 1. The molecule has 0 radical (unpaired) electrons. The summed E-state index contributed by atoms with van der Waals surface area (Å²) in [7, 11) is 1.49. The van der Waals surface area contributed by atoms with E-state index in [0.717, 1.165) is 0 Å². The molecule has 1 aromatic rings. The molecule has 0 atom stereocenters. The van der Waals surface area contributed by atoms with Gasteiger partial charge >= 0.3 is 5.97 Å². The van der Waals surface area contributed by atoms with Crippen molar-refractivity contribution in [3.8, 4) is 11.5 Å². The zero-order valence-electron chi connectivity index (χ0n) is 10.2. The number of aliphatic hydroxyl groups is 1. The van der Waals surface area contributed by atoms with Gasteiger partial charge in [0.2, 0.25) is 0 Å². The third-order valence-electron chi connectivity index (χ3n) is 2.15. The third kappa shape index (κ3) is 3.89. The van der Waals surface area contributed by atoms with Crippen LogP contribution in [-0.4, -0.2) is 31.4 Å². The molecule has 0 saturated carbocycles. The van der Waals surface area contributed by atoms with Crippen molar-refractivity contribution in [2.24, 2.45) is 0 Å². The molecule has 0 fully saturated rings. The average Bonchev–Trinajstić information content (AvgIpc) is 2.36. The lowest BCUT2D eigenvalue weighted by Crippen LogP contribution is -2.15. The Hall–Kier alpha value is -1.27. The highest BCUT2D eigenvalue weighted by Gasteiger charge is 2.11. The molecular formula is C12H15BrO5. The van der Waals surface area contributed by atoms with Crippen molar-refractivity contribution in [1.29, 1.82) is 0 Å². The molecule has 5 nitrogen and oxygen atoms in total. The number of hydrogen-bond acceptors (Lipinski definition) is 5. The molecule has 0 aliphatic rings. The molecule has 1 N–H and O–H groups in total. The van der Waals surface area contributed by atoms with Crippen LogP contribution < -0.4 is 9.47 Å². The summed E-state index contributed by atoms with van der Waals surface area (Å²) in [4.78, 5) is 11.2. The lowest BCUT2D eigenvalue weighted by Gasteiger charge is -2.12. The second kappa shape index (κ2) is 7.23. The van der Waals surface area contributed by atoms with Crippen molar-refractivity contribution in [2.45, 2.75) is 13.5 Å². The standard InChI is InChI=1S/C12H15BrO5/c1-3-17-12(15)7-18-11-5-9(13)8(6-14)4-10(11)16-2/h4-5,14H,3,6-7H2,1-2H3. The maximum absolute atomic E-state index is 11.2. The molecule has 6 heteroatoms. The molecule has 100 valence electrons. The van der Waals surface area contributed by atoms with Crippen LogP contribution in [0.5, 0.6) is 11.5 Å². The molecule has 0 saturated heterocycles. The fourth-order valence-electron chi connectivity index (χ4n) is 1.31. The Kier molecular flexibility index (Phi) is 5.94. The highest BCUT2D eigenvalue weighted by Crippen LogP contribution is 2.33. The van der Waals surface area contributed by atoms with E-state index in [1.165, 1.54) is 7.11 Å². The molecule has 1 rings (SSSR count). The monoisotopic (exact) mass is 318 g/mol. The molecule has 18 heavy (non-hydrogen) atoms. The molecular weight excluding hydrogens is 304 g/mol. The molecule has 0 aliphatic carbocycles. The zero-order chi connectivity index (χ0) is 13.5. The van der Waals surface area contributed by atoms with E-state index in [-0.39, 0.29) is 13.2 Å². The van der Waals surface area contributed by atoms with Gasteiger partial charge in [0, 0.05) is 4.47 Å². The van der Waals surface area contributed by atoms with E-state index >= 15 is 0 Å². The van der Waals surface area contributed by atoms with Gasteiger partial charge in [0.15, 0.2) is 18.1 Å². The summed E-state index contributed by atoms with van der Waals surface area (Å²) in [6.07, 6.45) is 0. The first-order valence-electron chi connectivity index (χ1n) is 5.38. The summed E-state index contributed by atoms with van der Waals surface area (Å²) in [5, 5.41) is 9.12. The maximum Gasteiger partial charge on any atom is 0.344 e. The number of methoxy groups -OCH3 is 1. The maximum atomic E-state index is 11.2. The van der Waals surface area contributed by atoms with Crippen LogP contribution in [-0.2, 0) is 16.1 Å². The smallest absolute Gasteiger partial charge is 0.344 e. The summed E-state index contributed by atoms with van der Waals surface area (Å²) in [6.45, 7) is 1.74. The molecule has 1 aromatic carbocycles. The van der Waals surface area contributed by atoms with Crippen molar-refractivity contribution in [2.75, 3.05) is 20.3 Å². The largest absolute Gasteiger partial charge is 0.493 e. The van der Waals surface area contributed by atoms with Gasteiger partial charge in [-0.3, -0.25) is 0 Å². The molecule has 0 aliphatic heterocycles. The summed E-state index contributed by atoms with van der Waals surface area (Å²) >= 11 is 3.30. The van der Waals surface area contributed by atoms with E-state index in [0.29, 0.717) is 28.1 Å². The van der Waals surface area contributed by atoms with Gasteiger partial charge in [0.1, 0.15) is 0 Å². The molecule has 0 spiro atoms. The quantitative estimate of drug-likeness (QED) is 0.811. The lowest BCUT2D eigenvalue weighted by molar-refractivity contribution is -0.145. The second-order valence-corrected chi connectivity index (χ2v) is 4.20. The van der Waals surface area contributed by atoms with E-state index < -0.39 is 5.97 Å². The summed E-state index contributed by atoms with van der Waals surface area (Å²) in [5.41, 5.74) is 0.676. The van der Waals surface area contributed by atoms with E-state index in [9.17, 15) is 4.79 Å². The first-order chi connectivity index (χ1) is 8.62. The SMILES string of the molecule is CCOC(=O)COc1cc(Br)c(CO)cc1OC. The topological polar surface area (TPSA) is 65.0 Å². The predicted molar refractivity (Wildman–Crippen MR) is 68.7 cm³/mol. The van der Waals surface area contributed by atoms with Crippen LogP contribution in [0.3, 0.4) is 0 Å². The number of halogens is 1. The summed E-state index contributed by atoms with van der Waals surface area (Å²) in [5.74, 6) is 0.420. The first-order valence-corrected chi connectivity index (χ1v) is 6.17. The van der Waals surface area contributed by atoms with Crippen molar-refractivity contribution < 1.29 is 24.1 Å². The number of carbonyl (C=O) groups is 1. The highest BCUT2D eigenvalue weighted by atomic mass is 79.9. The minimum absolute atomic E-state index is 0.116. The fourth-order valence-corrected chi connectivity index (χ4v) is 1.76. The molecule has 0 heterocycles. The van der Waals surface area contributed by atoms with Gasteiger partial charge in [-0.2, -0.15) is 0 Å². The van der Waals surface area contributed by atoms with Crippen LogP contribution in [0.2, 0.25) is 0 Å². The Morgan fingerprint density at radius 3 is 2.67 bits per heavy atom. The third-order valence-corrected chi connectivity index (χ3v) is 2.89. The van der Waals surface area contributed by atoms with Crippen molar-refractivity contribution in [1.82, 2.24) is 0 Å². The number of aliphatic hydroxyl groups excluding tert-OH is 1. The molecule has 0 amide bonds. The average molecular weight is 319 g/mol. The molecule has 0 bridgehead atoms. The van der Waals surface area contributed by atoms with Crippen molar-refractivity contribution in [3.63, 3.8) is 0 Å². The summed E-state index contributed by atoms with van der Waals surface area (Å²) in [6, 6.07) is 3.29. The van der Waals surface area contributed by atoms with Crippen LogP contribution in [0, 0.1) is 0 Å². The van der Waals surface area contributed by atoms with Gasteiger partial charge in [0.05, 0.1) is 20.3 Å². The second-order valence-electron chi connectivity index (χ2n) is 3.35. The Morgan fingerprint density at radius 2 is 2.11 bits per heavy atom. The highest BCUT2D eigenvalue weighted by molar-refractivity contribution is 9.10. The number of carbonyl (C=O) groups excluding carboxylic acids is 1. The van der Waals surface area contributed by atoms with Crippen LogP contribution >= 0.6 is 15.9 Å².